The van der Waals surface area contributed by atoms with Gasteiger partial charge in [0.1, 0.15) is 5.75 Å². The summed E-state index contributed by atoms with van der Waals surface area (Å²) >= 11 is 0. The molecule has 0 fully saturated rings. The minimum Gasteiger partial charge on any atom is -0.494 e. The minimum absolute atomic E-state index is 0.581. The quantitative estimate of drug-likeness (QED) is 0.571. The van der Waals surface area contributed by atoms with E-state index < -0.39 is 0 Å². The summed E-state index contributed by atoms with van der Waals surface area (Å²) < 4.78 is 7.55. The summed E-state index contributed by atoms with van der Waals surface area (Å²) in [6, 6.07) is 6.25. The molecule has 2 N–H and O–H groups in total. The van der Waals surface area contributed by atoms with Crippen molar-refractivity contribution >= 4 is 5.96 Å². The fourth-order valence-electron chi connectivity index (χ4n) is 2.51. The summed E-state index contributed by atoms with van der Waals surface area (Å²) in [4.78, 5) is 4.69. The first-order valence-electron chi connectivity index (χ1n) is 8.84. The predicted molar refractivity (Wildman–Crippen MR) is 102 cm³/mol. The van der Waals surface area contributed by atoms with E-state index in [1.54, 1.807) is 0 Å². The smallest absolute Gasteiger partial charge is 0.191 e. The van der Waals surface area contributed by atoms with Crippen molar-refractivity contribution in [2.24, 2.45) is 12.0 Å². The molecule has 0 aliphatic heterocycles. The fraction of sp³-hybridized carbons (Fsp3) is 0.474. The average Bonchev–Trinajstić information content (AvgIpc) is 2.99. The van der Waals surface area contributed by atoms with Crippen LogP contribution in [0, 0.1) is 6.92 Å². The molecule has 0 spiro atoms. The molecule has 1 heterocycles. The Labute approximate surface area is 150 Å². The molecule has 1 aromatic carbocycles. The third-order valence-corrected chi connectivity index (χ3v) is 3.74. The summed E-state index contributed by atoms with van der Waals surface area (Å²) in [6.45, 7) is 9.00. The van der Waals surface area contributed by atoms with Gasteiger partial charge in [-0.05, 0) is 44.4 Å². The number of guanidine groups is 1. The van der Waals surface area contributed by atoms with Crippen molar-refractivity contribution in [2.45, 2.75) is 33.7 Å². The second kappa shape index (κ2) is 9.71. The average molecular weight is 343 g/mol. The second-order valence-corrected chi connectivity index (χ2v) is 5.94. The van der Waals surface area contributed by atoms with Crippen molar-refractivity contribution in [2.75, 3.05) is 19.7 Å². The van der Waals surface area contributed by atoms with Crippen LogP contribution in [0.15, 0.2) is 35.6 Å². The lowest BCUT2D eigenvalue weighted by Crippen LogP contribution is -2.38. The molecule has 0 atom stereocenters. The van der Waals surface area contributed by atoms with Crippen molar-refractivity contribution < 1.29 is 4.74 Å². The van der Waals surface area contributed by atoms with E-state index in [1.165, 1.54) is 11.1 Å². The highest BCUT2D eigenvalue weighted by Gasteiger charge is 2.05. The van der Waals surface area contributed by atoms with Crippen LogP contribution in [0.2, 0.25) is 0 Å². The summed E-state index contributed by atoms with van der Waals surface area (Å²) in [5.41, 5.74) is 3.50. The second-order valence-electron chi connectivity index (χ2n) is 5.94. The number of benzene rings is 1. The molecule has 0 unspecified atom stereocenters. The van der Waals surface area contributed by atoms with Crippen LogP contribution in [0.4, 0.5) is 0 Å². The van der Waals surface area contributed by atoms with Gasteiger partial charge < -0.3 is 15.4 Å². The number of aryl methyl sites for hydroxylation is 2. The highest BCUT2D eigenvalue weighted by molar-refractivity contribution is 5.79. The van der Waals surface area contributed by atoms with Crippen LogP contribution >= 0.6 is 0 Å². The van der Waals surface area contributed by atoms with E-state index in [0.717, 1.165) is 36.8 Å². The highest BCUT2D eigenvalue weighted by Crippen LogP contribution is 2.21. The van der Waals surface area contributed by atoms with Crippen LogP contribution in [-0.4, -0.2) is 35.4 Å². The van der Waals surface area contributed by atoms with Gasteiger partial charge in [0.15, 0.2) is 5.96 Å². The Morgan fingerprint density at radius 1 is 1.28 bits per heavy atom. The highest BCUT2D eigenvalue weighted by atomic mass is 16.5. The summed E-state index contributed by atoms with van der Waals surface area (Å²) in [6.07, 6.45) is 4.84. The normalized spacial score (nSPS) is 11.4. The van der Waals surface area contributed by atoms with E-state index in [4.69, 9.17) is 4.74 Å². The molecule has 0 saturated heterocycles. The van der Waals surface area contributed by atoms with E-state index in [2.05, 4.69) is 52.8 Å². The first-order chi connectivity index (χ1) is 12.1. The number of nitrogens with zero attached hydrogens (tertiary/aromatic N) is 3. The maximum Gasteiger partial charge on any atom is 0.191 e. The van der Waals surface area contributed by atoms with Crippen LogP contribution in [-0.2, 0) is 20.0 Å². The molecule has 1 aromatic heterocycles. The molecule has 136 valence electrons. The Balaban J connectivity index is 1.96. The lowest BCUT2D eigenvalue weighted by atomic mass is 10.1. The molecule has 2 aromatic rings. The number of hydrogen-bond acceptors (Lipinski definition) is 3. The zero-order valence-electron chi connectivity index (χ0n) is 15.7. The Morgan fingerprint density at radius 3 is 2.80 bits per heavy atom. The number of nitrogens with one attached hydrogen (secondary N) is 2. The molecular weight excluding hydrogens is 314 g/mol. The van der Waals surface area contributed by atoms with E-state index >= 15 is 0 Å². The van der Waals surface area contributed by atoms with Gasteiger partial charge in [-0.1, -0.05) is 12.1 Å². The van der Waals surface area contributed by atoms with Crippen molar-refractivity contribution in [3.8, 4) is 5.75 Å². The molecule has 0 aliphatic rings. The molecule has 6 heteroatoms. The van der Waals surface area contributed by atoms with Gasteiger partial charge in [0, 0.05) is 31.9 Å². The number of rotatable bonds is 8. The van der Waals surface area contributed by atoms with E-state index in [1.807, 2.05) is 31.0 Å². The maximum atomic E-state index is 5.73. The molecular formula is C19H29N5O. The zero-order chi connectivity index (χ0) is 18.1. The van der Waals surface area contributed by atoms with Gasteiger partial charge in [-0.2, -0.15) is 5.10 Å². The molecule has 0 aliphatic carbocycles. The Morgan fingerprint density at radius 2 is 2.12 bits per heavy atom. The van der Waals surface area contributed by atoms with Crippen molar-refractivity contribution in [3.63, 3.8) is 0 Å². The first kappa shape index (κ1) is 18.8. The zero-order valence-corrected chi connectivity index (χ0v) is 15.7. The monoisotopic (exact) mass is 343 g/mol. The molecule has 0 radical (unpaired) electrons. The fourth-order valence-corrected chi connectivity index (χ4v) is 2.51. The summed E-state index contributed by atoms with van der Waals surface area (Å²) in [7, 11) is 1.93. The van der Waals surface area contributed by atoms with Crippen LogP contribution in [0.25, 0.3) is 0 Å². The molecule has 0 amide bonds. The summed E-state index contributed by atoms with van der Waals surface area (Å²) in [5.74, 6) is 1.73. The van der Waals surface area contributed by atoms with Crippen LogP contribution in [0.5, 0.6) is 5.75 Å². The summed E-state index contributed by atoms with van der Waals surface area (Å²) in [5, 5.41) is 10.8. The number of hydrogen-bond donors (Lipinski definition) is 2. The van der Waals surface area contributed by atoms with Gasteiger partial charge in [-0.3, -0.25) is 4.68 Å². The third-order valence-electron chi connectivity index (χ3n) is 3.74. The number of ether oxygens (including phenoxy) is 1. The Kier molecular flexibility index (Phi) is 7.32. The van der Waals surface area contributed by atoms with Gasteiger partial charge in [0.25, 0.3) is 0 Å². The lowest BCUT2D eigenvalue weighted by molar-refractivity contribution is 0.336. The first-order valence-corrected chi connectivity index (χ1v) is 8.84. The minimum atomic E-state index is 0.581. The van der Waals surface area contributed by atoms with E-state index in [0.29, 0.717) is 13.2 Å². The van der Waals surface area contributed by atoms with Gasteiger partial charge >= 0.3 is 0 Å². The van der Waals surface area contributed by atoms with E-state index in [9.17, 15) is 0 Å². The number of aliphatic imine (C=N–C) groups is 1. The van der Waals surface area contributed by atoms with Gasteiger partial charge in [0.2, 0.25) is 0 Å². The standard InChI is InChI=1S/C19H29N5O/c1-5-20-19(21-10-9-16-12-23-24(4)14-16)22-13-17-8-7-15(3)11-18(17)25-6-2/h7-8,11-12,14H,5-6,9-10,13H2,1-4H3,(H2,20,21,22). The van der Waals surface area contributed by atoms with Crippen molar-refractivity contribution in [1.29, 1.82) is 0 Å². The van der Waals surface area contributed by atoms with Crippen molar-refractivity contribution in [3.05, 3.63) is 47.3 Å². The lowest BCUT2D eigenvalue weighted by Gasteiger charge is -2.13. The molecule has 0 bridgehead atoms. The molecule has 25 heavy (non-hydrogen) atoms. The predicted octanol–water partition coefficient (Wildman–Crippen LogP) is 2.43. The maximum absolute atomic E-state index is 5.73. The Hall–Kier alpha value is -2.50. The van der Waals surface area contributed by atoms with Crippen LogP contribution in [0.3, 0.4) is 0 Å². The number of aromatic nitrogens is 2. The van der Waals surface area contributed by atoms with E-state index in [-0.39, 0.29) is 0 Å². The topological polar surface area (TPSA) is 63.5 Å². The van der Waals surface area contributed by atoms with Gasteiger partial charge in [-0.25, -0.2) is 4.99 Å². The third kappa shape index (κ3) is 6.14. The van der Waals surface area contributed by atoms with Gasteiger partial charge in [0.05, 0.1) is 19.3 Å². The Bertz CT molecular complexity index is 693. The van der Waals surface area contributed by atoms with Crippen molar-refractivity contribution in [1.82, 2.24) is 20.4 Å². The molecule has 0 saturated carbocycles. The van der Waals surface area contributed by atoms with Crippen LogP contribution < -0.4 is 15.4 Å². The van der Waals surface area contributed by atoms with Gasteiger partial charge in [-0.15, -0.1) is 0 Å². The van der Waals surface area contributed by atoms with Crippen LogP contribution in [0.1, 0.15) is 30.5 Å². The SMILES string of the molecule is CCNC(=NCc1ccc(C)cc1OCC)NCCc1cnn(C)c1. The largest absolute Gasteiger partial charge is 0.494 e. The molecule has 2 rings (SSSR count). The molecule has 6 nitrogen and oxygen atoms in total.